The molecule has 0 spiro atoms. The minimum Gasteiger partial charge on any atom is -0.507 e. The van der Waals surface area contributed by atoms with Gasteiger partial charge in [0.05, 0.1) is 5.56 Å². The number of rotatable bonds is 1. The number of phenols is 1. The lowest BCUT2D eigenvalue weighted by Gasteiger charge is -2.18. The number of nitrogens with two attached hydrogens (primary N) is 1. The number of aromatic hydroxyl groups is 1. The normalized spacial score (nSPS) is 19.0. The van der Waals surface area contributed by atoms with E-state index in [-0.39, 0.29) is 11.9 Å². The molecule has 0 fully saturated rings. The third-order valence-corrected chi connectivity index (χ3v) is 3.06. The average molecular weight is 230 g/mol. The van der Waals surface area contributed by atoms with Crippen molar-refractivity contribution in [2.45, 2.75) is 25.4 Å². The van der Waals surface area contributed by atoms with Crippen LogP contribution < -0.4 is 5.73 Å². The van der Waals surface area contributed by atoms with Gasteiger partial charge in [-0.3, -0.25) is 0 Å². The van der Waals surface area contributed by atoms with Crippen LogP contribution in [0.5, 0.6) is 5.75 Å². The van der Waals surface area contributed by atoms with E-state index in [1.54, 1.807) is 16.8 Å². The fraction of sp³-hybridized carbons (Fsp3) is 0.333. The molecule has 0 radical (unpaired) electrons. The van der Waals surface area contributed by atoms with Crippen LogP contribution >= 0.6 is 0 Å². The lowest BCUT2D eigenvalue weighted by atomic mass is 10.1. The number of para-hydroxylation sites is 1. The summed E-state index contributed by atoms with van der Waals surface area (Å²) in [5.74, 6) is 1.65. The summed E-state index contributed by atoms with van der Waals surface area (Å²) in [5.41, 5.74) is 6.63. The van der Waals surface area contributed by atoms with Crippen LogP contribution in [0.1, 0.15) is 24.8 Å². The van der Waals surface area contributed by atoms with Crippen LogP contribution in [0.15, 0.2) is 24.3 Å². The van der Waals surface area contributed by atoms with Crippen LogP contribution in [0.2, 0.25) is 0 Å². The van der Waals surface area contributed by atoms with Gasteiger partial charge in [-0.2, -0.15) is 0 Å². The topological polar surface area (TPSA) is 77.0 Å². The van der Waals surface area contributed by atoms with E-state index in [0.717, 1.165) is 25.1 Å². The van der Waals surface area contributed by atoms with Gasteiger partial charge in [0.15, 0.2) is 5.82 Å². The van der Waals surface area contributed by atoms with Crippen LogP contribution in [0.3, 0.4) is 0 Å². The molecule has 1 unspecified atom stereocenters. The van der Waals surface area contributed by atoms with Crippen LogP contribution in [0.4, 0.5) is 0 Å². The van der Waals surface area contributed by atoms with E-state index < -0.39 is 0 Å². The molecular formula is C12H14N4O. The molecular weight excluding hydrogens is 216 g/mol. The summed E-state index contributed by atoms with van der Waals surface area (Å²) in [6.07, 6.45) is 2.77. The number of hydrogen-bond acceptors (Lipinski definition) is 4. The molecule has 5 heteroatoms. The standard InChI is InChI=1S/C12H14N4O/c13-10-6-3-7-11-14-12(15-16(10)11)8-4-1-2-5-9(8)17/h1-2,4-5,10,17H,3,6-7,13H2. The summed E-state index contributed by atoms with van der Waals surface area (Å²) in [5, 5.41) is 14.2. The van der Waals surface area contributed by atoms with E-state index >= 15 is 0 Å². The summed E-state index contributed by atoms with van der Waals surface area (Å²) >= 11 is 0. The van der Waals surface area contributed by atoms with Gasteiger partial charge < -0.3 is 10.8 Å². The Hall–Kier alpha value is -1.88. The molecule has 0 saturated carbocycles. The first-order valence-corrected chi connectivity index (χ1v) is 5.75. The number of aromatic nitrogens is 3. The molecule has 0 bridgehead atoms. The summed E-state index contributed by atoms with van der Waals surface area (Å²) < 4.78 is 1.77. The molecule has 2 heterocycles. The summed E-state index contributed by atoms with van der Waals surface area (Å²) in [6.45, 7) is 0. The Kier molecular flexibility index (Phi) is 2.33. The Balaban J connectivity index is 2.08. The molecule has 2 aromatic rings. The highest BCUT2D eigenvalue weighted by atomic mass is 16.3. The highest BCUT2D eigenvalue weighted by molar-refractivity contribution is 5.63. The molecule has 1 aliphatic rings. The van der Waals surface area contributed by atoms with E-state index in [2.05, 4.69) is 10.1 Å². The minimum absolute atomic E-state index is 0.0918. The quantitative estimate of drug-likeness (QED) is 0.777. The zero-order valence-electron chi connectivity index (χ0n) is 9.37. The van der Waals surface area contributed by atoms with E-state index in [9.17, 15) is 5.11 Å². The third-order valence-electron chi connectivity index (χ3n) is 3.06. The van der Waals surface area contributed by atoms with Crippen molar-refractivity contribution in [3.63, 3.8) is 0 Å². The van der Waals surface area contributed by atoms with Gasteiger partial charge in [0.1, 0.15) is 17.7 Å². The van der Waals surface area contributed by atoms with Crippen molar-refractivity contribution in [2.75, 3.05) is 0 Å². The summed E-state index contributed by atoms with van der Waals surface area (Å²) in [7, 11) is 0. The van der Waals surface area contributed by atoms with Gasteiger partial charge in [-0.05, 0) is 25.0 Å². The Morgan fingerprint density at radius 3 is 2.94 bits per heavy atom. The first-order valence-electron chi connectivity index (χ1n) is 5.75. The minimum atomic E-state index is -0.0918. The fourth-order valence-electron chi connectivity index (χ4n) is 2.16. The number of hydrogen-bond donors (Lipinski definition) is 2. The number of fused-ring (bicyclic) bond motifs is 1. The summed E-state index contributed by atoms with van der Waals surface area (Å²) in [4.78, 5) is 4.44. The van der Waals surface area contributed by atoms with Gasteiger partial charge in [0.25, 0.3) is 0 Å². The van der Waals surface area contributed by atoms with Crippen molar-refractivity contribution in [2.24, 2.45) is 5.73 Å². The van der Waals surface area contributed by atoms with Gasteiger partial charge in [-0.15, -0.1) is 5.10 Å². The zero-order chi connectivity index (χ0) is 11.8. The molecule has 1 aromatic carbocycles. The Morgan fingerprint density at radius 2 is 2.18 bits per heavy atom. The molecule has 5 nitrogen and oxygen atoms in total. The Morgan fingerprint density at radius 1 is 1.35 bits per heavy atom. The van der Waals surface area contributed by atoms with E-state index in [0.29, 0.717) is 11.4 Å². The maximum Gasteiger partial charge on any atom is 0.185 e. The number of phenolic OH excluding ortho intramolecular Hbond substituents is 1. The first-order chi connectivity index (χ1) is 8.25. The lowest BCUT2D eigenvalue weighted by Crippen LogP contribution is -2.25. The van der Waals surface area contributed by atoms with Crippen molar-refractivity contribution >= 4 is 0 Å². The maximum atomic E-state index is 9.77. The van der Waals surface area contributed by atoms with Crippen LogP contribution in [0, 0.1) is 0 Å². The smallest absolute Gasteiger partial charge is 0.185 e. The third kappa shape index (κ3) is 1.68. The maximum absolute atomic E-state index is 9.77. The monoisotopic (exact) mass is 230 g/mol. The fourth-order valence-corrected chi connectivity index (χ4v) is 2.16. The van der Waals surface area contributed by atoms with Crippen LogP contribution in [0.25, 0.3) is 11.4 Å². The average Bonchev–Trinajstić information content (AvgIpc) is 2.75. The number of benzene rings is 1. The van der Waals surface area contributed by atoms with E-state index in [1.807, 2.05) is 12.1 Å². The van der Waals surface area contributed by atoms with Gasteiger partial charge in [0, 0.05) is 6.42 Å². The predicted octanol–water partition coefficient (Wildman–Crippen LogP) is 1.44. The molecule has 88 valence electrons. The SMILES string of the molecule is NC1CCCc2nc(-c3ccccc3O)nn21. The summed E-state index contributed by atoms with van der Waals surface area (Å²) in [6, 6.07) is 7.08. The second-order valence-corrected chi connectivity index (χ2v) is 4.27. The molecule has 1 aromatic heterocycles. The van der Waals surface area contributed by atoms with Crippen molar-refractivity contribution in [3.8, 4) is 17.1 Å². The Bertz CT molecular complexity index is 549. The van der Waals surface area contributed by atoms with Crippen molar-refractivity contribution in [1.29, 1.82) is 0 Å². The van der Waals surface area contributed by atoms with Gasteiger partial charge in [0.2, 0.25) is 0 Å². The van der Waals surface area contributed by atoms with Crippen molar-refractivity contribution in [3.05, 3.63) is 30.1 Å². The van der Waals surface area contributed by atoms with Crippen LogP contribution in [-0.2, 0) is 6.42 Å². The van der Waals surface area contributed by atoms with Gasteiger partial charge in [-0.1, -0.05) is 12.1 Å². The number of nitrogens with zero attached hydrogens (tertiary/aromatic N) is 3. The Labute approximate surface area is 98.9 Å². The first kappa shape index (κ1) is 10.3. The van der Waals surface area contributed by atoms with E-state index in [1.165, 1.54) is 0 Å². The molecule has 3 rings (SSSR count). The van der Waals surface area contributed by atoms with Gasteiger partial charge in [-0.25, -0.2) is 9.67 Å². The molecule has 1 aliphatic heterocycles. The lowest BCUT2D eigenvalue weighted by molar-refractivity contribution is 0.372. The highest BCUT2D eigenvalue weighted by Gasteiger charge is 2.21. The van der Waals surface area contributed by atoms with Crippen molar-refractivity contribution < 1.29 is 5.11 Å². The predicted molar refractivity (Wildman–Crippen MR) is 63.3 cm³/mol. The largest absolute Gasteiger partial charge is 0.507 e. The molecule has 0 saturated heterocycles. The second kappa shape index (κ2) is 3.85. The molecule has 0 amide bonds. The van der Waals surface area contributed by atoms with E-state index in [4.69, 9.17) is 5.73 Å². The molecule has 3 N–H and O–H groups in total. The zero-order valence-corrected chi connectivity index (χ0v) is 9.37. The molecule has 1 atom stereocenters. The molecule has 17 heavy (non-hydrogen) atoms. The second-order valence-electron chi connectivity index (χ2n) is 4.27. The van der Waals surface area contributed by atoms with Crippen LogP contribution in [-0.4, -0.2) is 19.9 Å². The van der Waals surface area contributed by atoms with Gasteiger partial charge >= 0.3 is 0 Å². The van der Waals surface area contributed by atoms with Crippen molar-refractivity contribution in [1.82, 2.24) is 14.8 Å². The number of aryl methyl sites for hydroxylation is 1. The highest BCUT2D eigenvalue weighted by Crippen LogP contribution is 2.28. The molecule has 0 aliphatic carbocycles.